The van der Waals surface area contributed by atoms with Crippen LogP contribution in [0.15, 0.2) is 24.3 Å². The van der Waals surface area contributed by atoms with Crippen molar-refractivity contribution in [3.8, 4) is 0 Å². The van der Waals surface area contributed by atoms with Crippen molar-refractivity contribution in [3.05, 3.63) is 35.6 Å². The standard InChI is InChI=1S/C15H22FNO/c1-3-18-11-15(2)7-8-17-10-14(15)12-5-4-6-13(16)9-12/h4-6,9,14,17H,3,7-8,10-11H2,1-2H3. The van der Waals surface area contributed by atoms with Crippen molar-refractivity contribution in [2.24, 2.45) is 5.41 Å². The third-order valence-electron chi connectivity index (χ3n) is 3.95. The van der Waals surface area contributed by atoms with E-state index in [4.69, 9.17) is 4.74 Å². The predicted molar refractivity (Wildman–Crippen MR) is 71.2 cm³/mol. The summed E-state index contributed by atoms with van der Waals surface area (Å²) in [6.45, 7) is 7.65. The van der Waals surface area contributed by atoms with Gasteiger partial charge in [0, 0.05) is 24.5 Å². The highest BCUT2D eigenvalue weighted by Gasteiger charge is 2.37. The van der Waals surface area contributed by atoms with Gasteiger partial charge in [0.15, 0.2) is 0 Å². The molecule has 1 saturated heterocycles. The molecule has 3 heteroatoms. The van der Waals surface area contributed by atoms with Gasteiger partial charge >= 0.3 is 0 Å². The zero-order valence-electron chi connectivity index (χ0n) is 11.2. The largest absolute Gasteiger partial charge is 0.381 e. The van der Waals surface area contributed by atoms with Crippen LogP contribution in [0.2, 0.25) is 0 Å². The summed E-state index contributed by atoms with van der Waals surface area (Å²) in [7, 11) is 0. The van der Waals surface area contributed by atoms with Crippen molar-refractivity contribution in [3.63, 3.8) is 0 Å². The Morgan fingerprint density at radius 3 is 3.06 bits per heavy atom. The molecule has 1 fully saturated rings. The van der Waals surface area contributed by atoms with E-state index in [1.807, 2.05) is 13.0 Å². The average molecular weight is 251 g/mol. The molecule has 1 N–H and O–H groups in total. The van der Waals surface area contributed by atoms with Crippen molar-refractivity contribution >= 4 is 0 Å². The topological polar surface area (TPSA) is 21.3 Å². The van der Waals surface area contributed by atoms with Crippen LogP contribution >= 0.6 is 0 Å². The minimum absolute atomic E-state index is 0.0923. The summed E-state index contributed by atoms with van der Waals surface area (Å²) >= 11 is 0. The van der Waals surface area contributed by atoms with Crippen LogP contribution in [0, 0.1) is 11.2 Å². The molecule has 1 aromatic carbocycles. The zero-order valence-corrected chi connectivity index (χ0v) is 11.2. The highest BCUT2D eigenvalue weighted by atomic mass is 19.1. The molecule has 100 valence electrons. The monoisotopic (exact) mass is 251 g/mol. The summed E-state index contributed by atoms with van der Waals surface area (Å²) in [5.74, 6) is 0.158. The van der Waals surface area contributed by atoms with Crippen LogP contribution < -0.4 is 5.32 Å². The van der Waals surface area contributed by atoms with Gasteiger partial charge < -0.3 is 10.1 Å². The molecule has 0 bridgehead atoms. The quantitative estimate of drug-likeness (QED) is 0.888. The Kier molecular flexibility index (Phi) is 4.36. The summed E-state index contributed by atoms with van der Waals surface area (Å²) < 4.78 is 19.0. The molecule has 1 aliphatic rings. The summed E-state index contributed by atoms with van der Waals surface area (Å²) in [4.78, 5) is 0. The Bertz CT molecular complexity index is 396. The molecule has 2 unspecified atom stereocenters. The van der Waals surface area contributed by atoms with Crippen molar-refractivity contribution in [1.29, 1.82) is 0 Å². The number of benzene rings is 1. The van der Waals surface area contributed by atoms with Crippen LogP contribution in [-0.2, 0) is 4.74 Å². The highest BCUT2D eigenvalue weighted by molar-refractivity contribution is 5.24. The van der Waals surface area contributed by atoms with E-state index in [0.717, 1.165) is 38.3 Å². The lowest BCUT2D eigenvalue weighted by atomic mass is 9.70. The van der Waals surface area contributed by atoms with Crippen LogP contribution in [0.25, 0.3) is 0 Å². The van der Waals surface area contributed by atoms with E-state index in [0.29, 0.717) is 5.92 Å². The molecule has 2 rings (SSSR count). The molecule has 0 aromatic heterocycles. The lowest BCUT2D eigenvalue weighted by Crippen LogP contribution is -2.44. The second-order valence-electron chi connectivity index (χ2n) is 5.35. The molecule has 2 atom stereocenters. The van der Waals surface area contributed by atoms with Gasteiger partial charge in [0.2, 0.25) is 0 Å². The van der Waals surface area contributed by atoms with E-state index in [9.17, 15) is 4.39 Å². The fourth-order valence-corrected chi connectivity index (χ4v) is 2.79. The maximum Gasteiger partial charge on any atom is 0.123 e. The van der Waals surface area contributed by atoms with Gasteiger partial charge in [-0.05, 0) is 37.6 Å². The summed E-state index contributed by atoms with van der Waals surface area (Å²) in [5.41, 5.74) is 1.17. The van der Waals surface area contributed by atoms with Crippen molar-refractivity contribution in [2.75, 3.05) is 26.3 Å². The average Bonchev–Trinajstić information content (AvgIpc) is 2.37. The smallest absolute Gasteiger partial charge is 0.123 e. The van der Waals surface area contributed by atoms with Crippen molar-refractivity contribution < 1.29 is 9.13 Å². The van der Waals surface area contributed by atoms with Crippen LogP contribution in [0.3, 0.4) is 0 Å². The van der Waals surface area contributed by atoms with Gasteiger partial charge in [0.05, 0.1) is 6.61 Å². The van der Waals surface area contributed by atoms with Crippen molar-refractivity contribution in [1.82, 2.24) is 5.32 Å². The summed E-state index contributed by atoms with van der Waals surface area (Å²) in [6.07, 6.45) is 1.06. The number of nitrogens with one attached hydrogen (secondary N) is 1. The van der Waals surface area contributed by atoms with Crippen LogP contribution in [0.5, 0.6) is 0 Å². The van der Waals surface area contributed by atoms with Gasteiger partial charge in [-0.25, -0.2) is 4.39 Å². The summed E-state index contributed by atoms with van der Waals surface area (Å²) in [5, 5.41) is 3.41. The molecule has 1 aromatic rings. The van der Waals surface area contributed by atoms with Gasteiger partial charge in [0.1, 0.15) is 5.82 Å². The van der Waals surface area contributed by atoms with E-state index in [1.54, 1.807) is 12.1 Å². The molecule has 0 aliphatic carbocycles. The van der Waals surface area contributed by atoms with Gasteiger partial charge in [0.25, 0.3) is 0 Å². The Hall–Kier alpha value is -0.930. The summed E-state index contributed by atoms with van der Waals surface area (Å²) in [6, 6.07) is 6.97. The first kappa shape index (κ1) is 13.5. The number of piperidine rings is 1. The Labute approximate surface area is 109 Å². The molecule has 1 heterocycles. The second-order valence-corrected chi connectivity index (χ2v) is 5.35. The number of rotatable bonds is 4. The molecule has 1 aliphatic heterocycles. The number of halogens is 1. The van der Waals surface area contributed by atoms with Gasteiger partial charge in [-0.15, -0.1) is 0 Å². The van der Waals surface area contributed by atoms with Crippen molar-refractivity contribution in [2.45, 2.75) is 26.2 Å². The van der Waals surface area contributed by atoms with Gasteiger partial charge in [-0.3, -0.25) is 0 Å². The second kappa shape index (κ2) is 5.81. The first-order valence-corrected chi connectivity index (χ1v) is 6.69. The maximum atomic E-state index is 13.4. The van der Waals surface area contributed by atoms with Gasteiger partial charge in [-0.1, -0.05) is 19.1 Å². The Balaban J connectivity index is 2.22. The minimum Gasteiger partial charge on any atom is -0.381 e. The first-order chi connectivity index (χ1) is 8.65. The number of hydrogen-bond acceptors (Lipinski definition) is 2. The predicted octanol–water partition coefficient (Wildman–Crippen LogP) is 2.95. The van der Waals surface area contributed by atoms with Crippen LogP contribution in [0.4, 0.5) is 4.39 Å². The van der Waals surface area contributed by atoms with E-state index in [-0.39, 0.29) is 11.2 Å². The first-order valence-electron chi connectivity index (χ1n) is 6.69. The molecular formula is C15H22FNO. The SMILES string of the molecule is CCOCC1(C)CCNCC1c1cccc(F)c1. The molecule has 18 heavy (non-hydrogen) atoms. The molecule has 0 saturated carbocycles. The third-order valence-corrected chi connectivity index (χ3v) is 3.95. The number of hydrogen-bond donors (Lipinski definition) is 1. The highest BCUT2D eigenvalue weighted by Crippen LogP contribution is 2.40. The Morgan fingerprint density at radius 2 is 2.33 bits per heavy atom. The van der Waals surface area contributed by atoms with Crippen LogP contribution in [0.1, 0.15) is 31.7 Å². The maximum absolute atomic E-state index is 13.4. The fourth-order valence-electron chi connectivity index (χ4n) is 2.79. The number of ether oxygens (including phenoxy) is 1. The third kappa shape index (κ3) is 2.90. The normalized spacial score (nSPS) is 28.3. The zero-order chi connectivity index (χ0) is 13.0. The van der Waals surface area contributed by atoms with E-state index >= 15 is 0 Å². The lowest BCUT2D eigenvalue weighted by Gasteiger charge is -2.42. The van der Waals surface area contributed by atoms with E-state index in [2.05, 4.69) is 12.2 Å². The van der Waals surface area contributed by atoms with Gasteiger partial charge in [-0.2, -0.15) is 0 Å². The van der Waals surface area contributed by atoms with E-state index < -0.39 is 0 Å². The molecule has 0 radical (unpaired) electrons. The molecule has 0 amide bonds. The Morgan fingerprint density at radius 1 is 1.50 bits per heavy atom. The lowest BCUT2D eigenvalue weighted by molar-refractivity contribution is 0.0278. The molecular weight excluding hydrogens is 229 g/mol. The van der Waals surface area contributed by atoms with Crippen LogP contribution in [-0.4, -0.2) is 26.3 Å². The minimum atomic E-state index is -0.156. The molecule has 0 spiro atoms. The van der Waals surface area contributed by atoms with E-state index in [1.165, 1.54) is 6.07 Å². The molecule has 2 nitrogen and oxygen atoms in total. The fraction of sp³-hybridized carbons (Fsp3) is 0.600.